The van der Waals surface area contributed by atoms with Gasteiger partial charge in [0.2, 0.25) is 10.0 Å². The van der Waals surface area contributed by atoms with Crippen LogP contribution in [0, 0.1) is 13.8 Å². The summed E-state index contributed by atoms with van der Waals surface area (Å²) in [6.07, 6.45) is 1.18. The summed E-state index contributed by atoms with van der Waals surface area (Å²) in [5.74, 6) is 0.980. The minimum Gasteiger partial charge on any atom is -0.492 e. The van der Waals surface area contributed by atoms with Crippen molar-refractivity contribution < 1.29 is 22.7 Å². The average molecular weight is 447 g/mol. The number of aryl methyl sites for hydroxylation is 2. The molecule has 1 amide bonds. The van der Waals surface area contributed by atoms with Gasteiger partial charge < -0.3 is 14.8 Å². The molecule has 8 heteroatoms. The lowest BCUT2D eigenvalue weighted by atomic mass is 10.1. The molecule has 0 bridgehead atoms. The first kappa shape index (κ1) is 23.1. The molecule has 2 aromatic carbocycles. The van der Waals surface area contributed by atoms with Crippen LogP contribution in [0.5, 0.6) is 11.5 Å². The molecule has 0 unspecified atom stereocenters. The van der Waals surface area contributed by atoms with Crippen LogP contribution in [-0.2, 0) is 14.8 Å². The van der Waals surface area contributed by atoms with Gasteiger partial charge in [0.25, 0.3) is 5.91 Å². The van der Waals surface area contributed by atoms with Crippen molar-refractivity contribution in [3.63, 3.8) is 0 Å². The first-order valence-corrected chi connectivity index (χ1v) is 12.0. The molecule has 7 nitrogen and oxygen atoms in total. The fourth-order valence-corrected chi connectivity index (χ4v) is 4.83. The Morgan fingerprint density at radius 3 is 2.32 bits per heavy atom. The van der Waals surface area contributed by atoms with E-state index in [2.05, 4.69) is 5.32 Å². The molecule has 1 saturated heterocycles. The zero-order valence-electron chi connectivity index (χ0n) is 18.3. The van der Waals surface area contributed by atoms with Crippen LogP contribution in [0.3, 0.4) is 0 Å². The van der Waals surface area contributed by atoms with Crippen LogP contribution in [0.25, 0.3) is 0 Å². The zero-order chi connectivity index (χ0) is 22.4. The maximum Gasteiger partial charge on any atom is 0.260 e. The summed E-state index contributed by atoms with van der Waals surface area (Å²) in [7, 11) is -3.43. The second-order valence-corrected chi connectivity index (χ2v) is 9.67. The number of carbonyl (C=O) groups is 1. The molecule has 1 N–H and O–H groups in total. The van der Waals surface area contributed by atoms with Crippen LogP contribution in [-0.4, -0.2) is 51.0 Å². The first-order valence-electron chi connectivity index (χ1n) is 10.5. The minimum absolute atomic E-state index is 0.228. The van der Waals surface area contributed by atoms with E-state index in [0.29, 0.717) is 31.1 Å². The maximum absolute atomic E-state index is 12.5. The second-order valence-electron chi connectivity index (χ2n) is 7.73. The highest BCUT2D eigenvalue weighted by atomic mass is 32.2. The molecule has 0 saturated carbocycles. The van der Waals surface area contributed by atoms with Crippen molar-refractivity contribution in [2.24, 2.45) is 0 Å². The Balaban J connectivity index is 1.42. The molecule has 3 rings (SSSR count). The predicted octanol–water partition coefficient (Wildman–Crippen LogP) is 3.05. The number of carbonyl (C=O) groups excluding carboxylic acids is 1. The number of hydrogen-bond acceptors (Lipinski definition) is 5. The number of hydrogen-bond donors (Lipinski definition) is 1. The van der Waals surface area contributed by atoms with Crippen molar-refractivity contribution in [1.29, 1.82) is 0 Å². The van der Waals surface area contributed by atoms with Gasteiger partial charge in [0, 0.05) is 13.1 Å². The number of nitrogens with zero attached hydrogens (tertiary/aromatic N) is 1. The monoisotopic (exact) mass is 446 g/mol. The van der Waals surface area contributed by atoms with Crippen LogP contribution >= 0.6 is 0 Å². The third kappa shape index (κ3) is 5.98. The molecule has 0 radical (unpaired) electrons. The van der Waals surface area contributed by atoms with Crippen molar-refractivity contribution in [3.8, 4) is 11.5 Å². The Morgan fingerprint density at radius 1 is 1.03 bits per heavy atom. The molecule has 1 fully saturated rings. The Hall–Kier alpha value is -2.58. The summed E-state index contributed by atoms with van der Waals surface area (Å²) in [4.78, 5) is 12.5. The van der Waals surface area contributed by atoms with E-state index in [1.165, 1.54) is 9.87 Å². The van der Waals surface area contributed by atoms with E-state index >= 15 is 0 Å². The van der Waals surface area contributed by atoms with Crippen molar-refractivity contribution in [2.45, 2.75) is 44.6 Å². The fraction of sp³-hybridized carbons (Fsp3) is 0.435. The summed E-state index contributed by atoms with van der Waals surface area (Å²) in [6, 6.07) is 12.1. The zero-order valence-corrected chi connectivity index (χ0v) is 19.1. The van der Waals surface area contributed by atoms with E-state index in [1.807, 2.05) is 32.0 Å². The summed E-state index contributed by atoms with van der Waals surface area (Å²) < 4.78 is 37.9. The second kappa shape index (κ2) is 10.2. The number of sulfonamides is 1. The fourth-order valence-electron chi connectivity index (χ4n) is 3.32. The van der Waals surface area contributed by atoms with Crippen molar-refractivity contribution >= 4 is 15.9 Å². The summed E-state index contributed by atoms with van der Waals surface area (Å²) in [5, 5.41) is 2.78. The number of nitrogens with one attached hydrogen (secondary N) is 1. The van der Waals surface area contributed by atoms with Gasteiger partial charge in [0.1, 0.15) is 18.1 Å². The molecule has 0 aromatic heterocycles. The van der Waals surface area contributed by atoms with E-state index in [9.17, 15) is 13.2 Å². The highest BCUT2D eigenvalue weighted by molar-refractivity contribution is 7.89. The van der Waals surface area contributed by atoms with Crippen LogP contribution in [0.4, 0.5) is 0 Å². The van der Waals surface area contributed by atoms with Gasteiger partial charge in [-0.1, -0.05) is 6.07 Å². The van der Waals surface area contributed by atoms with E-state index in [0.717, 1.165) is 18.4 Å². The van der Waals surface area contributed by atoms with Gasteiger partial charge in [-0.3, -0.25) is 4.79 Å². The number of benzene rings is 2. The Labute approximate surface area is 184 Å². The van der Waals surface area contributed by atoms with Crippen LogP contribution in [0.1, 0.15) is 30.9 Å². The number of ether oxygens (including phenoxy) is 2. The molecule has 1 aliphatic heterocycles. The van der Waals surface area contributed by atoms with Crippen molar-refractivity contribution in [2.75, 3.05) is 26.2 Å². The summed E-state index contributed by atoms with van der Waals surface area (Å²) >= 11 is 0. The normalized spacial score (nSPS) is 15.5. The molecule has 1 heterocycles. The quantitative estimate of drug-likeness (QED) is 0.599. The largest absolute Gasteiger partial charge is 0.492 e. The van der Waals surface area contributed by atoms with Gasteiger partial charge in [-0.05, 0) is 81.1 Å². The average Bonchev–Trinajstić information content (AvgIpc) is 3.30. The molecule has 1 atom stereocenters. The number of amides is 1. The molecular weight excluding hydrogens is 416 g/mol. The Morgan fingerprint density at radius 2 is 1.68 bits per heavy atom. The molecule has 31 heavy (non-hydrogen) atoms. The predicted molar refractivity (Wildman–Crippen MR) is 119 cm³/mol. The molecule has 1 aliphatic rings. The number of rotatable bonds is 9. The van der Waals surface area contributed by atoms with Gasteiger partial charge in [0.05, 0.1) is 11.4 Å². The van der Waals surface area contributed by atoms with E-state index < -0.39 is 16.1 Å². The Bertz CT molecular complexity index is 999. The van der Waals surface area contributed by atoms with E-state index in [1.54, 1.807) is 31.2 Å². The van der Waals surface area contributed by atoms with Gasteiger partial charge >= 0.3 is 0 Å². The lowest BCUT2D eigenvalue weighted by Crippen LogP contribution is -2.38. The summed E-state index contributed by atoms with van der Waals surface area (Å²) in [6.45, 7) is 7.45. The maximum atomic E-state index is 12.5. The minimum atomic E-state index is -3.43. The lowest BCUT2D eigenvalue weighted by molar-refractivity contribution is -0.127. The van der Waals surface area contributed by atoms with Crippen LogP contribution in [0.15, 0.2) is 47.4 Å². The van der Waals surface area contributed by atoms with Crippen molar-refractivity contribution in [1.82, 2.24) is 9.62 Å². The molecule has 2 aromatic rings. The van der Waals surface area contributed by atoms with Gasteiger partial charge in [0.15, 0.2) is 6.10 Å². The molecule has 168 valence electrons. The van der Waals surface area contributed by atoms with Gasteiger partial charge in [-0.15, -0.1) is 0 Å². The van der Waals surface area contributed by atoms with E-state index in [-0.39, 0.29) is 17.4 Å². The topological polar surface area (TPSA) is 84.9 Å². The van der Waals surface area contributed by atoms with Crippen LogP contribution < -0.4 is 14.8 Å². The molecule has 0 spiro atoms. The standard InChI is InChI=1S/C23H30N2O5S/c1-17-6-7-21(16-18(17)2)30-19(3)23(26)24-12-15-29-20-8-10-22(11-9-20)31(27,28)25-13-4-5-14-25/h6-11,16,19H,4-5,12-15H2,1-3H3,(H,24,26)/t19-/m0/s1. The summed E-state index contributed by atoms with van der Waals surface area (Å²) in [5.41, 5.74) is 2.28. The highest BCUT2D eigenvalue weighted by Gasteiger charge is 2.26. The highest BCUT2D eigenvalue weighted by Crippen LogP contribution is 2.23. The van der Waals surface area contributed by atoms with Gasteiger partial charge in [-0.2, -0.15) is 4.31 Å². The third-order valence-electron chi connectivity index (χ3n) is 5.36. The first-order chi connectivity index (χ1) is 14.8. The third-order valence-corrected chi connectivity index (χ3v) is 7.27. The smallest absolute Gasteiger partial charge is 0.260 e. The lowest BCUT2D eigenvalue weighted by Gasteiger charge is -2.16. The SMILES string of the molecule is Cc1ccc(O[C@@H](C)C(=O)NCCOc2ccc(S(=O)(=O)N3CCCC3)cc2)cc1C. The molecular formula is C23H30N2O5S. The van der Waals surface area contributed by atoms with Crippen molar-refractivity contribution in [3.05, 3.63) is 53.6 Å². The van der Waals surface area contributed by atoms with E-state index in [4.69, 9.17) is 9.47 Å². The van der Waals surface area contributed by atoms with Gasteiger partial charge in [-0.25, -0.2) is 8.42 Å². The Kier molecular flexibility index (Phi) is 7.56. The van der Waals surface area contributed by atoms with Crippen LogP contribution in [0.2, 0.25) is 0 Å². The molecule has 0 aliphatic carbocycles.